The third-order valence-corrected chi connectivity index (χ3v) is 6.36. The van der Waals surface area contributed by atoms with Gasteiger partial charge in [-0.1, -0.05) is 12.1 Å². The number of piperazine rings is 1. The third kappa shape index (κ3) is 3.95. The van der Waals surface area contributed by atoms with Gasteiger partial charge in [-0.25, -0.2) is 4.79 Å². The number of carbonyl (C=O) groups is 3. The number of fused-ring (bicyclic) bond motifs is 1. The standard InChI is InChI=1S/C22H30N4O4/c1-30-19-9-3-2-7-17(19)23-13-15-24(16-14-23)20(27)10-6-12-26-21(28)18-8-4-5-11-25(18)22(26)29/h2-3,7,9,18H,4-6,8,10-16H2,1H3. The summed E-state index contributed by atoms with van der Waals surface area (Å²) in [5.74, 6) is 0.845. The summed E-state index contributed by atoms with van der Waals surface area (Å²) in [5, 5.41) is 0. The fourth-order valence-electron chi connectivity index (χ4n) is 4.69. The molecule has 3 saturated heterocycles. The molecule has 0 spiro atoms. The van der Waals surface area contributed by atoms with Gasteiger partial charge in [-0.3, -0.25) is 14.5 Å². The van der Waals surface area contributed by atoms with E-state index in [1.54, 1.807) is 12.0 Å². The lowest BCUT2D eigenvalue weighted by molar-refractivity contribution is -0.132. The van der Waals surface area contributed by atoms with Crippen molar-refractivity contribution in [2.75, 3.05) is 51.3 Å². The Morgan fingerprint density at radius 3 is 2.57 bits per heavy atom. The largest absolute Gasteiger partial charge is 0.495 e. The Kier molecular flexibility index (Phi) is 6.11. The van der Waals surface area contributed by atoms with Crippen LogP contribution in [0.5, 0.6) is 5.75 Å². The first-order chi connectivity index (χ1) is 14.6. The smallest absolute Gasteiger partial charge is 0.327 e. The molecule has 30 heavy (non-hydrogen) atoms. The number of methoxy groups -OCH3 is 1. The molecule has 0 aromatic heterocycles. The minimum absolute atomic E-state index is 0.0856. The predicted octanol–water partition coefficient (Wildman–Crippen LogP) is 1.94. The van der Waals surface area contributed by atoms with Gasteiger partial charge in [-0.05, 0) is 37.8 Å². The highest BCUT2D eigenvalue weighted by atomic mass is 16.5. The van der Waals surface area contributed by atoms with Crippen LogP contribution in [-0.2, 0) is 9.59 Å². The van der Waals surface area contributed by atoms with E-state index in [0.29, 0.717) is 39.0 Å². The van der Waals surface area contributed by atoms with Crippen molar-refractivity contribution in [2.24, 2.45) is 0 Å². The molecule has 0 aliphatic carbocycles. The quantitative estimate of drug-likeness (QED) is 0.665. The highest BCUT2D eigenvalue weighted by Gasteiger charge is 2.45. The van der Waals surface area contributed by atoms with Crippen molar-refractivity contribution in [2.45, 2.75) is 38.1 Å². The predicted molar refractivity (Wildman–Crippen MR) is 112 cm³/mol. The van der Waals surface area contributed by atoms with Crippen LogP contribution in [0.4, 0.5) is 10.5 Å². The zero-order chi connectivity index (χ0) is 21.1. The number of para-hydroxylation sites is 2. The molecule has 1 aromatic carbocycles. The van der Waals surface area contributed by atoms with E-state index in [2.05, 4.69) is 4.90 Å². The fraction of sp³-hybridized carbons (Fsp3) is 0.591. The SMILES string of the molecule is COc1ccccc1N1CCN(C(=O)CCCN2C(=O)C3CCCCN3C2=O)CC1. The van der Waals surface area contributed by atoms with E-state index in [-0.39, 0.29) is 23.9 Å². The number of urea groups is 1. The number of imide groups is 1. The first kappa shape index (κ1) is 20.5. The average molecular weight is 415 g/mol. The normalized spacial score (nSPS) is 21.8. The molecule has 0 saturated carbocycles. The molecule has 4 rings (SSSR count). The lowest BCUT2D eigenvalue weighted by Crippen LogP contribution is -2.49. The van der Waals surface area contributed by atoms with E-state index in [1.807, 2.05) is 29.2 Å². The van der Waals surface area contributed by atoms with E-state index >= 15 is 0 Å². The number of ether oxygens (including phenoxy) is 1. The van der Waals surface area contributed by atoms with E-state index < -0.39 is 0 Å². The summed E-state index contributed by atoms with van der Waals surface area (Å²) >= 11 is 0. The monoisotopic (exact) mass is 414 g/mol. The molecule has 4 amide bonds. The van der Waals surface area contributed by atoms with E-state index in [9.17, 15) is 14.4 Å². The Morgan fingerprint density at radius 2 is 1.83 bits per heavy atom. The Morgan fingerprint density at radius 1 is 1.07 bits per heavy atom. The molecule has 8 heteroatoms. The Bertz CT molecular complexity index is 782. The first-order valence-electron chi connectivity index (χ1n) is 10.9. The Labute approximate surface area is 177 Å². The van der Waals surface area contributed by atoms with Gasteiger partial charge in [-0.2, -0.15) is 0 Å². The Balaban J connectivity index is 1.24. The fourth-order valence-corrected chi connectivity index (χ4v) is 4.69. The van der Waals surface area contributed by atoms with Gasteiger partial charge in [0.25, 0.3) is 5.91 Å². The van der Waals surface area contributed by atoms with Crippen LogP contribution in [0.25, 0.3) is 0 Å². The lowest BCUT2D eigenvalue weighted by atomic mass is 10.0. The van der Waals surface area contributed by atoms with Crippen molar-refractivity contribution < 1.29 is 19.1 Å². The second-order valence-electron chi connectivity index (χ2n) is 8.12. The average Bonchev–Trinajstić information content (AvgIpc) is 3.04. The third-order valence-electron chi connectivity index (χ3n) is 6.36. The molecule has 3 fully saturated rings. The summed E-state index contributed by atoms with van der Waals surface area (Å²) in [5.41, 5.74) is 1.05. The molecule has 0 radical (unpaired) electrons. The maximum absolute atomic E-state index is 12.6. The molecular formula is C22H30N4O4. The molecule has 0 bridgehead atoms. The van der Waals surface area contributed by atoms with Crippen molar-refractivity contribution >= 4 is 23.5 Å². The number of amides is 4. The van der Waals surface area contributed by atoms with E-state index in [1.165, 1.54) is 4.90 Å². The lowest BCUT2D eigenvalue weighted by Gasteiger charge is -2.36. The number of nitrogens with zero attached hydrogens (tertiary/aromatic N) is 4. The van der Waals surface area contributed by atoms with Crippen molar-refractivity contribution in [3.05, 3.63) is 24.3 Å². The summed E-state index contributed by atoms with van der Waals surface area (Å²) in [6, 6.07) is 7.47. The van der Waals surface area contributed by atoms with Gasteiger partial charge >= 0.3 is 6.03 Å². The Hall–Kier alpha value is -2.77. The van der Waals surface area contributed by atoms with Gasteiger partial charge in [0, 0.05) is 45.7 Å². The molecule has 1 unspecified atom stereocenters. The minimum Gasteiger partial charge on any atom is -0.495 e. The molecule has 3 aliphatic heterocycles. The second-order valence-corrected chi connectivity index (χ2v) is 8.12. The summed E-state index contributed by atoms with van der Waals surface area (Å²) in [4.78, 5) is 44.8. The van der Waals surface area contributed by atoms with Gasteiger partial charge in [0.1, 0.15) is 11.8 Å². The maximum atomic E-state index is 12.6. The molecular weight excluding hydrogens is 384 g/mol. The summed E-state index contributed by atoms with van der Waals surface area (Å²) in [6.45, 7) is 3.83. The van der Waals surface area contributed by atoms with Gasteiger partial charge < -0.3 is 19.4 Å². The maximum Gasteiger partial charge on any atom is 0.327 e. The van der Waals surface area contributed by atoms with Crippen LogP contribution in [0.15, 0.2) is 24.3 Å². The molecule has 3 aliphatic rings. The number of rotatable bonds is 6. The summed E-state index contributed by atoms with van der Waals surface area (Å²) < 4.78 is 5.44. The van der Waals surface area contributed by atoms with Crippen LogP contribution in [-0.4, -0.2) is 85.0 Å². The van der Waals surface area contributed by atoms with E-state index in [0.717, 1.165) is 43.8 Å². The van der Waals surface area contributed by atoms with Gasteiger partial charge in [0.15, 0.2) is 0 Å². The molecule has 3 heterocycles. The van der Waals surface area contributed by atoms with Gasteiger partial charge in [0.2, 0.25) is 5.91 Å². The zero-order valence-electron chi connectivity index (χ0n) is 17.6. The second kappa shape index (κ2) is 8.93. The number of hydrogen-bond acceptors (Lipinski definition) is 5. The summed E-state index contributed by atoms with van der Waals surface area (Å²) in [7, 11) is 1.67. The molecule has 0 N–H and O–H groups in total. The van der Waals surface area contributed by atoms with Crippen molar-refractivity contribution in [1.82, 2.24) is 14.7 Å². The van der Waals surface area contributed by atoms with Crippen molar-refractivity contribution in [3.63, 3.8) is 0 Å². The van der Waals surface area contributed by atoms with Crippen LogP contribution < -0.4 is 9.64 Å². The van der Waals surface area contributed by atoms with E-state index in [4.69, 9.17) is 4.74 Å². The van der Waals surface area contributed by atoms with Gasteiger partial charge in [-0.15, -0.1) is 0 Å². The first-order valence-corrected chi connectivity index (χ1v) is 10.9. The highest BCUT2D eigenvalue weighted by molar-refractivity contribution is 6.04. The van der Waals surface area contributed by atoms with Crippen LogP contribution in [0.1, 0.15) is 32.1 Å². The summed E-state index contributed by atoms with van der Waals surface area (Å²) in [6.07, 6.45) is 3.59. The highest BCUT2D eigenvalue weighted by Crippen LogP contribution is 2.29. The number of hydrogen-bond donors (Lipinski definition) is 0. The number of anilines is 1. The van der Waals surface area contributed by atoms with Crippen LogP contribution >= 0.6 is 0 Å². The molecule has 1 aromatic rings. The zero-order valence-corrected chi connectivity index (χ0v) is 17.6. The van der Waals surface area contributed by atoms with Crippen LogP contribution in [0.3, 0.4) is 0 Å². The molecule has 1 atom stereocenters. The topological polar surface area (TPSA) is 73.4 Å². The minimum atomic E-state index is -0.273. The number of carbonyl (C=O) groups excluding carboxylic acids is 3. The molecule has 8 nitrogen and oxygen atoms in total. The van der Waals surface area contributed by atoms with Crippen LogP contribution in [0, 0.1) is 0 Å². The molecule has 162 valence electrons. The van der Waals surface area contributed by atoms with Crippen LogP contribution in [0.2, 0.25) is 0 Å². The number of piperidine rings is 1. The van der Waals surface area contributed by atoms with Crippen molar-refractivity contribution in [3.8, 4) is 5.75 Å². The number of benzene rings is 1. The van der Waals surface area contributed by atoms with Crippen molar-refractivity contribution in [1.29, 1.82) is 0 Å². The van der Waals surface area contributed by atoms with Gasteiger partial charge in [0.05, 0.1) is 12.8 Å².